The second-order valence-corrected chi connectivity index (χ2v) is 8.12. The first-order valence-corrected chi connectivity index (χ1v) is 8.84. The fourth-order valence-electron chi connectivity index (χ4n) is 1.29. The Hall–Kier alpha value is -1.28. The van der Waals surface area contributed by atoms with Crippen molar-refractivity contribution in [3.63, 3.8) is 0 Å². The first kappa shape index (κ1) is 20.7. The zero-order valence-corrected chi connectivity index (χ0v) is 14.9. The summed E-state index contributed by atoms with van der Waals surface area (Å²) in [6.45, 7) is 6.82. The largest absolute Gasteiger partial charge is 0.466 e. The van der Waals surface area contributed by atoms with Crippen LogP contribution in [0.1, 0.15) is 34.1 Å². The molecule has 0 unspecified atom stereocenters. The maximum atomic E-state index is 11.7. The topological polar surface area (TPSA) is 98.8 Å². The number of ether oxygens (including phenoxy) is 2. The first-order valence-electron chi connectivity index (χ1n) is 6.57. The number of carbonyl (C=O) groups is 2. The Morgan fingerprint density at radius 3 is 2.27 bits per heavy atom. The second-order valence-electron chi connectivity index (χ2n) is 5.50. The van der Waals surface area contributed by atoms with E-state index in [2.05, 4.69) is 5.32 Å². The third-order valence-corrected chi connectivity index (χ3v) is 3.89. The van der Waals surface area contributed by atoms with Crippen molar-refractivity contribution in [1.29, 1.82) is 0 Å². The highest BCUT2D eigenvalue weighted by Crippen LogP contribution is 2.13. The molecule has 0 radical (unpaired) electrons. The number of alkyl carbamates (subject to hydrolysis) is 1. The van der Waals surface area contributed by atoms with Crippen LogP contribution in [-0.4, -0.2) is 45.0 Å². The number of rotatable bonds is 6. The van der Waals surface area contributed by atoms with Gasteiger partial charge in [-0.3, -0.25) is 4.79 Å². The molecule has 0 aromatic rings. The molecule has 0 aliphatic carbocycles. The summed E-state index contributed by atoms with van der Waals surface area (Å²) in [6, 6.07) is -0.962. The summed E-state index contributed by atoms with van der Waals surface area (Å²) in [6.07, 6.45) is 0.924. The van der Waals surface area contributed by atoms with Crippen LogP contribution in [-0.2, 0) is 24.1 Å². The predicted octanol–water partition coefficient (Wildman–Crippen LogP) is 1.96. The number of hydrogen-bond donors (Lipinski definition) is 1. The fourth-order valence-corrected chi connectivity index (χ4v) is 1.86. The van der Waals surface area contributed by atoms with E-state index in [-0.39, 0.29) is 13.0 Å². The van der Waals surface area contributed by atoms with Gasteiger partial charge in [-0.2, -0.15) is 0 Å². The molecule has 0 heterocycles. The van der Waals surface area contributed by atoms with Crippen LogP contribution in [0.15, 0.2) is 10.4 Å². The van der Waals surface area contributed by atoms with Crippen LogP contribution in [0.4, 0.5) is 4.79 Å². The Balaban J connectivity index is 5.10. The van der Waals surface area contributed by atoms with Crippen molar-refractivity contribution in [3.8, 4) is 0 Å². The van der Waals surface area contributed by atoms with Crippen LogP contribution in [0.25, 0.3) is 0 Å². The lowest BCUT2D eigenvalue weighted by molar-refractivity contribution is -0.143. The van der Waals surface area contributed by atoms with E-state index in [4.69, 9.17) is 21.1 Å². The van der Waals surface area contributed by atoms with Crippen molar-refractivity contribution < 1.29 is 27.5 Å². The van der Waals surface area contributed by atoms with Gasteiger partial charge in [0.25, 0.3) is 0 Å². The van der Waals surface area contributed by atoms with Crippen molar-refractivity contribution >= 4 is 33.5 Å². The van der Waals surface area contributed by atoms with Gasteiger partial charge in [-0.15, -0.1) is 0 Å². The predicted molar refractivity (Wildman–Crippen MR) is 83.2 cm³/mol. The molecule has 22 heavy (non-hydrogen) atoms. The Bertz CT molecular complexity index is 535. The number of amides is 1. The molecule has 1 amide bonds. The van der Waals surface area contributed by atoms with E-state index >= 15 is 0 Å². The summed E-state index contributed by atoms with van der Waals surface area (Å²) in [5.41, 5.74) is -0.733. The van der Waals surface area contributed by atoms with E-state index in [1.54, 1.807) is 27.7 Å². The number of halogens is 1. The quantitative estimate of drug-likeness (QED) is 0.731. The lowest BCUT2D eigenvalue weighted by atomic mass is 10.2. The van der Waals surface area contributed by atoms with Gasteiger partial charge in [0.15, 0.2) is 9.84 Å². The molecule has 0 saturated heterocycles. The molecule has 7 nitrogen and oxygen atoms in total. The number of esters is 1. The van der Waals surface area contributed by atoms with Crippen molar-refractivity contribution in [2.24, 2.45) is 0 Å². The summed E-state index contributed by atoms with van der Waals surface area (Å²) in [7, 11) is -3.63. The Morgan fingerprint density at radius 1 is 1.32 bits per heavy atom. The Labute approximate surface area is 135 Å². The van der Waals surface area contributed by atoms with Gasteiger partial charge in [-0.25, -0.2) is 13.2 Å². The van der Waals surface area contributed by atoms with Crippen molar-refractivity contribution in [2.45, 2.75) is 45.8 Å². The lowest BCUT2D eigenvalue weighted by Crippen LogP contribution is -2.39. The van der Waals surface area contributed by atoms with Gasteiger partial charge in [0, 0.05) is 6.26 Å². The van der Waals surface area contributed by atoms with Gasteiger partial charge in [0.2, 0.25) is 0 Å². The van der Waals surface area contributed by atoms with Crippen LogP contribution in [0.5, 0.6) is 0 Å². The summed E-state index contributed by atoms with van der Waals surface area (Å²) in [4.78, 5) is 23.2. The fraction of sp³-hybridized carbons (Fsp3) is 0.692. The molecule has 9 heteroatoms. The number of carbonyl (C=O) groups excluding carboxylic acids is 2. The van der Waals surface area contributed by atoms with Crippen LogP contribution >= 0.6 is 11.6 Å². The molecule has 0 rings (SSSR count). The SMILES string of the molecule is CCOC(=O)C[C@@H](C=C(Cl)S(C)(=O)=O)NC(=O)OC(C)(C)C. The van der Waals surface area contributed by atoms with Gasteiger partial charge in [0.05, 0.1) is 19.1 Å². The second kappa shape index (κ2) is 8.38. The van der Waals surface area contributed by atoms with E-state index in [9.17, 15) is 18.0 Å². The molecule has 0 aliphatic heterocycles. The molecule has 0 bridgehead atoms. The first-order chi connectivity index (χ1) is 9.85. The van der Waals surface area contributed by atoms with E-state index in [1.165, 1.54) is 0 Å². The van der Waals surface area contributed by atoms with E-state index < -0.39 is 37.9 Å². The Kier molecular flexibility index (Phi) is 7.89. The smallest absolute Gasteiger partial charge is 0.408 e. The van der Waals surface area contributed by atoms with Gasteiger partial charge in [-0.1, -0.05) is 11.6 Å². The standard InChI is InChI=1S/C13H22ClNO6S/c1-6-20-11(16)8-9(7-10(14)22(5,18)19)15-12(17)21-13(2,3)4/h7,9H,6,8H2,1-5H3,(H,15,17)/t9-/m1/s1. The molecule has 0 saturated carbocycles. The van der Waals surface area contributed by atoms with Crippen LogP contribution in [0.3, 0.4) is 0 Å². The minimum Gasteiger partial charge on any atom is -0.466 e. The molecule has 0 aliphatic rings. The lowest BCUT2D eigenvalue weighted by Gasteiger charge is -2.22. The van der Waals surface area contributed by atoms with Crippen molar-refractivity contribution in [2.75, 3.05) is 12.9 Å². The van der Waals surface area contributed by atoms with E-state index in [1.807, 2.05) is 0 Å². The highest BCUT2D eigenvalue weighted by molar-refractivity contribution is 7.96. The molecular formula is C13H22ClNO6S. The van der Waals surface area contributed by atoms with Crippen LogP contribution < -0.4 is 5.32 Å². The highest BCUT2D eigenvalue weighted by atomic mass is 35.5. The monoisotopic (exact) mass is 355 g/mol. The van der Waals surface area contributed by atoms with Crippen LogP contribution in [0, 0.1) is 0 Å². The van der Waals surface area contributed by atoms with Crippen LogP contribution in [0.2, 0.25) is 0 Å². The molecular weight excluding hydrogens is 334 g/mol. The molecule has 0 aromatic heterocycles. The summed E-state index contributed by atoms with van der Waals surface area (Å²) in [5, 5.41) is 2.38. The minimum absolute atomic E-state index is 0.168. The highest BCUT2D eigenvalue weighted by Gasteiger charge is 2.22. The zero-order valence-electron chi connectivity index (χ0n) is 13.3. The normalized spacial score (nSPS) is 14.2. The van der Waals surface area contributed by atoms with E-state index in [0.29, 0.717) is 0 Å². The number of nitrogens with one attached hydrogen (secondary N) is 1. The minimum atomic E-state index is -3.63. The maximum absolute atomic E-state index is 11.7. The summed E-state index contributed by atoms with van der Waals surface area (Å²) < 4.78 is 32.0. The molecule has 128 valence electrons. The summed E-state index contributed by atoms with van der Waals surface area (Å²) >= 11 is 5.66. The van der Waals surface area contributed by atoms with Gasteiger partial charge in [-0.05, 0) is 33.8 Å². The van der Waals surface area contributed by atoms with Gasteiger partial charge >= 0.3 is 12.1 Å². The molecule has 0 spiro atoms. The maximum Gasteiger partial charge on any atom is 0.408 e. The molecule has 0 aromatic carbocycles. The Morgan fingerprint density at radius 2 is 1.86 bits per heavy atom. The van der Waals surface area contributed by atoms with Gasteiger partial charge < -0.3 is 14.8 Å². The van der Waals surface area contributed by atoms with Crippen molar-refractivity contribution in [3.05, 3.63) is 10.4 Å². The molecule has 1 atom stereocenters. The third kappa shape index (κ3) is 9.62. The number of sulfone groups is 1. The average Bonchev–Trinajstić information content (AvgIpc) is 2.24. The molecule has 1 N–H and O–H groups in total. The van der Waals surface area contributed by atoms with Crippen molar-refractivity contribution in [1.82, 2.24) is 5.32 Å². The molecule has 0 fully saturated rings. The number of hydrogen-bond acceptors (Lipinski definition) is 6. The average molecular weight is 356 g/mol. The summed E-state index contributed by atoms with van der Waals surface area (Å²) in [5.74, 6) is -0.599. The van der Waals surface area contributed by atoms with Gasteiger partial charge in [0.1, 0.15) is 9.97 Å². The zero-order chi connectivity index (χ0) is 17.6. The third-order valence-electron chi connectivity index (χ3n) is 2.08. The van der Waals surface area contributed by atoms with E-state index in [0.717, 1.165) is 12.3 Å².